The van der Waals surface area contributed by atoms with Crippen molar-refractivity contribution in [1.29, 1.82) is 0 Å². The molecule has 0 aliphatic heterocycles. The quantitative estimate of drug-likeness (QED) is 0.648. The molecular formula is C14H14Cl2N2O2. The Bertz CT molecular complexity index is 554. The first kappa shape index (κ1) is 16.3. The molecule has 1 aromatic rings. The molecule has 0 saturated heterocycles. The maximum Gasteiger partial charge on any atom is 0.244 e. The second-order valence-corrected chi connectivity index (χ2v) is 4.62. The predicted molar refractivity (Wildman–Crippen MR) is 82.1 cm³/mol. The summed E-state index contributed by atoms with van der Waals surface area (Å²) in [6.07, 6.45) is 6.42. The lowest BCUT2D eigenvalue weighted by molar-refractivity contribution is -0.121. The van der Waals surface area contributed by atoms with Crippen molar-refractivity contribution in [3.63, 3.8) is 0 Å². The van der Waals surface area contributed by atoms with Crippen LogP contribution < -0.4 is 10.6 Å². The molecule has 6 heteroatoms. The summed E-state index contributed by atoms with van der Waals surface area (Å²) in [5, 5.41) is 5.85. The van der Waals surface area contributed by atoms with E-state index in [0.29, 0.717) is 15.7 Å². The number of rotatable bonds is 5. The number of benzene rings is 1. The summed E-state index contributed by atoms with van der Waals surface area (Å²) in [5.74, 6) is -0.739. The molecule has 0 heterocycles. The third-order valence-corrected chi connectivity index (χ3v) is 2.74. The Labute approximate surface area is 127 Å². The van der Waals surface area contributed by atoms with Crippen molar-refractivity contribution in [3.05, 3.63) is 52.5 Å². The molecule has 0 fully saturated rings. The van der Waals surface area contributed by atoms with Gasteiger partial charge >= 0.3 is 0 Å². The van der Waals surface area contributed by atoms with E-state index in [1.54, 1.807) is 30.4 Å². The largest absolute Gasteiger partial charge is 0.343 e. The summed E-state index contributed by atoms with van der Waals surface area (Å²) >= 11 is 11.7. The third-order valence-electron chi connectivity index (χ3n) is 2.18. The van der Waals surface area contributed by atoms with Gasteiger partial charge in [-0.3, -0.25) is 9.59 Å². The number of allylic oxidation sites excluding steroid dienone is 3. The average molecular weight is 313 g/mol. The van der Waals surface area contributed by atoms with Gasteiger partial charge in [0.25, 0.3) is 0 Å². The molecule has 0 atom stereocenters. The molecule has 0 aliphatic carbocycles. The van der Waals surface area contributed by atoms with Crippen LogP contribution in [0.3, 0.4) is 0 Å². The van der Waals surface area contributed by atoms with E-state index in [1.165, 1.54) is 12.1 Å². The smallest absolute Gasteiger partial charge is 0.244 e. The second-order valence-electron chi connectivity index (χ2n) is 3.78. The van der Waals surface area contributed by atoms with Crippen LogP contribution in [0.4, 0.5) is 5.69 Å². The van der Waals surface area contributed by atoms with E-state index in [9.17, 15) is 9.59 Å². The molecule has 20 heavy (non-hydrogen) atoms. The zero-order valence-corrected chi connectivity index (χ0v) is 12.3. The first-order valence-corrected chi connectivity index (χ1v) is 6.60. The Morgan fingerprint density at radius 2 is 2.00 bits per heavy atom. The Kier molecular flexibility index (Phi) is 6.84. The lowest BCUT2D eigenvalue weighted by Crippen LogP contribution is -2.31. The van der Waals surface area contributed by atoms with Crippen LogP contribution in [-0.2, 0) is 9.59 Å². The molecule has 1 rings (SSSR count). The van der Waals surface area contributed by atoms with Crippen molar-refractivity contribution in [2.45, 2.75) is 6.92 Å². The topological polar surface area (TPSA) is 58.2 Å². The normalized spacial score (nSPS) is 10.9. The van der Waals surface area contributed by atoms with E-state index in [-0.39, 0.29) is 18.4 Å². The zero-order valence-electron chi connectivity index (χ0n) is 10.8. The van der Waals surface area contributed by atoms with Crippen molar-refractivity contribution in [1.82, 2.24) is 5.32 Å². The number of halogens is 2. The van der Waals surface area contributed by atoms with Gasteiger partial charge in [-0.25, -0.2) is 0 Å². The van der Waals surface area contributed by atoms with Gasteiger partial charge in [0, 0.05) is 11.1 Å². The van der Waals surface area contributed by atoms with Gasteiger partial charge in [0.1, 0.15) is 0 Å². The molecule has 0 radical (unpaired) electrons. The number of carbonyl (C=O) groups excluding carboxylic acids is 2. The summed E-state index contributed by atoms with van der Waals surface area (Å²) in [5.41, 5.74) is 0.405. The highest BCUT2D eigenvalue weighted by atomic mass is 35.5. The maximum atomic E-state index is 11.6. The monoisotopic (exact) mass is 312 g/mol. The fraction of sp³-hybridized carbons (Fsp3) is 0.143. The fourth-order valence-corrected chi connectivity index (χ4v) is 1.60. The van der Waals surface area contributed by atoms with Gasteiger partial charge in [0.2, 0.25) is 11.8 Å². The molecule has 1 aromatic carbocycles. The van der Waals surface area contributed by atoms with Gasteiger partial charge in [-0.1, -0.05) is 41.4 Å². The van der Waals surface area contributed by atoms with Crippen molar-refractivity contribution >= 4 is 40.7 Å². The van der Waals surface area contributed by atoms with E-state index < -0.39 is 0 Å². The van der Waals surface area contributed by atoms with Gasteiger partial charge in [0.15, 0.2) is 0 Å². The number of carbonyl (C=O) groups is 2. The van der Waals surface area contributed by atoms with Crippen molar-refractivity contribution in [2.24, 2.45) is 0 Å². The Hall–Kier alpha value is -1.78. The number of anilines is 1. The molecule has 0 spiro atoms. The average Bonchev–Trinajstić information content (AvgIpc) is 2.41. The molecule has 0 saturated carbocycles. The molecule has 0 aromatic heterocycles. The van der Waals surface area contributed by atoms with Crippen molar-refractivity contribution < 1.29 is 9.59 Å². The van der Waals surface area contributed by atoms with Gasteiger partial charge < -0.3 is 10.6 Å². The summed E-state index contributed by atoms with van der Waals surface area (Å²) in [7, 11) is 0. The van der Waals surface area contributed by atoms with Crippen LogP contribution in [0.2, 0.25) is 10.0 Å². The predicted octanol–water partition coefficient (Wildman–Crippen LogP) is 3.18. The number of hydrogen-bond donors (Lipinski definition) is 2. The summed E-state index contributed by atoms with van der Waals surface area (Å²) in [4.78, 5) is 23.0. The molecule has 106 valence electrons. The lowest BCUT2D eigenvalue weighted by Gasteiger charge is -2.07. The van der Waals surface area contributed by atoms with E-state index in [4.69, 9.17) is 23.2 Å². The van der Waals surface area contributed by atoms with E-state index >= 15 is 0 Å². The van der Waals surface area contributed by atoms with E-state index in [0.717, 1.165) is 0 Å². The second kappa shape index (κ2) is 8.40. The Morgan fingerprint density at radius 1 is 1.25 bits per heavy atom. The highest BCUT2D eigenvalue weighted by molar-refractivity contribution is 6.35. The number of amides is 2. The minimum absolute atomic E-state index is 0.151. The van der Waals surface area contributed by atoms with Crippen molar-refractivity contribution in [2.75, 3.05) is 11.9 Å². The van der Waals surface area contributed by atoms with Gasteiger partial charge in [-0.15, -0.1) is 0 Å². The standard InChI is InChI=1S/C14H14Cl2N2O2/c1-2-3-4-5-13(19)17-9-14(20)18-12-8-10(15)6-7-11(12)16/h2-8H,9H2,1H3,(H,17,19)(H,18,20). The molecule has 2 amide bonds. The first-order chi connectivity index (χ1) is 9.52. The highest BCUT2D eigenvalue weighted by Crippen LogP contribution is 2.25. The fourth-order valence-electron chi connectivity index (χ4n) is 1.27. The molecular weight excluding hydrogens is 299 g/mol. The number of nitrogens with one attached hydrogen (secondary N) is 2. The van der Waals surface area contributed by atoms with Crippen LogP contribution in [0.5, 0.6) is 0 Å². The molecule has 2 N–H and O–H groups in total. The van der Waals surface area contributed by atoms with Crippen LogP contribution >= 0.6 is 23.2 Å². The molecule has 4 nitrogen and oxygen atoms in total. The molecule has 0 unspecified atom stereocenters. The minimum atomic E-state index is -0.387. The molecule has 0 bridgehead atoms. The summed E-state index contributed by atoms with van der Waals surface area (Å²) in [6.45, 7) is 1.69. The lowest BCUT2D eigenvalue weighted by atomic mass is 10.3. The van der Waals surface area contributed by atoms with Gasteiger partial charge in [0.05, 0.1) is 17.3 Å². The highest BCUT2D eigenvalue weighted by Gasteiger charge is 2.07. The number of hydrogen-bond acceptors (Lipinski definition) is 2. The Balaban J connectivity index is 2.48. The zero-order chi connectivity index (χ0) is 15.0. The van der Waals surface area contributed by atoms with Crippen LogP contribution in [0.25, 0.3) is 0 Å². The van der Waals surface area contributed by atoms with Gasteiger partial charge in [-0.2, -0.15) is 0 Å². The van der Waals surface area contributed by atoms with Crippen molar-refractivity contribution in [3.8, 4) is 0 Å². The Morgan fingerprint density at radius 3 is 2.70 bits per heavy atom. The van der Waals surface area contributed by atoms with Crippen LogP contribution in [0, 0.1) is 0 Å². The first-order valence-electron chi connectivity index (χ1n) is 5.85. The van der Waals surface area contributed by atoms with E-state index in [1.807, 2.05) is 6.92 Å². The summed E-state index contributed by atoms with van der Waals surface area (Å²) < 4.78 is 0. The minimum Gasteiger partial charge on any atom is -0.343 e. The van der Waals surface area contributed by atoms with Crippen LogP contribution in [0.15, 0.2) is 42.5 Å². The summed E-state index contributed by atoms with van der Waals surface area (Å²) in [6, 6.07) is 4.74. The van der Waals surface area contributed by atoms with Crippen LogP contribution in [0.1, 0.15) is 6.92 Å². The van der Waals surface area contributed by atoms with Crippen LogP contribution in [-0.4, -0.2) is 18.4 Å². The van der Waals surface area contributed by atoms with E-state index in [2.05, 4.69) is 10.6 Å². The third kappa shape index (κ3) is 5.91. The maximum absolute atomic E-state index is 11.6. The molecule has 0 aliphatic rings. The van der Waals surface area contributed by atoms with Gasteiger partial charge in [-0.05, 0) is 25.1 Å². The SMILES string of the molecule is CC=CC=CC(=O)NCC(=O)Nc1cc(Cl)ccc1Cl.